The fraction of sp³-hybridized carbons (Fsp3) is 0.592. The van der Waals surface area contributed by atoms with Crippen LogP contribution in [-0.2, 0) is 4.79 Å². The summed E-state index contributed by atoms with van der Waals surface area (Å²) in [5, 5.41) is 25.3. The topological polar surface area (TPSA) is 148 Å². The molecule has 3 aromatic rings. The van der Waals surface area contributed by atoms with Crippen molar-refractivity contribution in [3.8, 4) is 28.4 Å². The van der Waals surface area contributed by atoms with Crippen LogP contribution in [0.3, 0.4) is 0 Å². The van der Waals surface area contributed by atoms with Gasteiger partial charge in [-0.1, -0.05) is 90.9 Å². The predicted molar refractivity (Wildman–Crippen MR) is 235 cm³/mol. The maximum atomic E-state index is 13.9. The van der Waals surface area contributed by atoms with Gasteiger partial charge in [-0.3, -0.25) is 25.0 Å². The lowest BCUT2D eigenvalue weighted by atomic mass is 9.52. The summed E-state index contributed by atoms with van der Waals surface area (Å²) >= 11 is 0. The summed E-state index contributed by atoms with van der Waals surface area (Å²) in [6.07, 6.45) is 22.2. The molecule has 0 heterocycles. The zero-order chi connectivity index (χ0) is 43.5. The van der Waals surface area contributed by atoms with Crippen molar-refractivity contribution in [2.45, 2.75) is 170 Å². The second-order valence-electron chi connectivity index (χ2n) is 17.7. The molecule has 6 rings (SSSR count). The van der Waals surface area contributed by atoms with Crippen LogP contribution in [0.5, 0.6) is 17.2 Å². The van der Waals surface area contributed by atoms with Gasteiger partial charge < -0.3 is 14.2 Å². The second kappa shape index (κ2) is 21.1. The molecule has 0 N–H and O–H groups in total. The normalized spacial score (nSPS) is 18.3. The Morgan fingerprint density at radius 1 is 0.617 bits per heavy atom. The number of hydrogen-bond acceptors (Lipinski definition) is 9. The van der Waals surface area contributed by atoms with E-state index in [9.17, 15) is 29.8 Å². The third kappa shape index (κ3) is 10.9. The van der Waals surface area contributed by atoms with Crippen molar-refractivity contribution in [2.24, 2.45) is 10.8 Å². The molecule has 60 heavy (non-hydrogen) atoms. The van der Waals surface area contributed by atoms with Gasteiger partial charge >= 0.3 is 23.3 Å². The highest BCUT2D eigenvalue weighted by molar-refractivity contribution is 5.93. The van der Waals surface area contributed by atoms with Crippen LogP contribution in [-0.4, -0.2) is 28.4 Å². The van der Waals surface area contributed by atoms with Crippen molar-refractivity contribution in [3.63, 3.8) is 0 Å². The van der Waals surface area contributed by atoms with E-state index in [0.29, 0.717) is 34.6 Å². The van der Waals surface area contributed by atoms with Gasteiger partial charge in [0.15, 0.2) is 0 Å². The van der Waals surface area contributed by atoms with Crippen LogP contribution in [0.25, 0.3) is 11.1 Å². The van der Waals surface area contributed by atoms with E-state index in [-0.39, 0.29) is 39.3 Å². The summed E-state index contributed by atoms with van der Waals surface area (Å²) in [5.41, 5.74) is 1.41. The molecule has 0 aromatic heterocycles. The van der Waals surface area contributed by atoms with E-state index in [2.05, 4.69) is 13.8 Å². The monoisotopic (exact) mass is 826 g/mol. The Bertz CT molecular complexity index is 1980. The van der Waals surface area contributed by atoms with Gasteiger partial charge in [0.05, 0.1) is 27.4 Å². The van der Waals surface area contributed by atoms with Gasteiger partial charge in [-0.15, -0.1) is 0 Å². The average Bonchev–Trinajstić information content (AvgIpc) is 3.21. The van der Waals surface area contributed by atoms with Crippen LogP contribution in [0.15, 0.2) is 36.4 Å². The van der Waals surface area contributed by atoms with Crippen LogP contribution in [0, 0.1) is 58.8 Å². The lowest BCUT2D eigenvalue weighted by Gasteiger charge is -2.52. The number of nitro benzene ring substituents is 2. The highest BCUT2D eigenvalue weighted by Gasteiger charge is 2.53. The number of esters is 2. The molecule has 0 aliphatic heterocycles. The van der Waals surface area contributed by atoms with E-state index in [1.54, 1.807) is 52.0 Å². The minimum atomic E-state index is -0.766. The molecule has 0 spiro atoms. The number of fused-ring (bicyclic) bond motifs is 3. The van der Waals surface area contributed by atoms with Crippen molar-refractivity contribution < 1.29 is 33.6 Å². The number of hydrogen-bond donors (Lipinski definition) is 0. The minimum absolute atomic E-state index is 0.117. The molecule has 326 valence electrons. The van der Waals surface area contributed by atoms with Crippen LogP contribution in [0.1, 0.15) is 175 Å². The predicted octanol–water partition coefficient (Wildman–Crippen LogP) is 13.7. The van der Waals surface area contributed by atoms with E-state index < -0.39 is 32.9 Å². The van der Waals surface area contributed by atoms with Gasteiger partial charge in [-0.05, 0) is 143 Å². The van der Waals surface area contributed by atoms with Crippen LogP contribution >= 0.6 is 0 Å². The van der Waals surface area contributed by atoms with Crippen molar-refractivity contribution >= 4 is 23.3 Å². The Morgan fingerprint density at radius 3 is 1.55 bits per heavy atom. The maximum Gasteiger partial charge on any atom is 0.343 e. The van der Waals surface area contributed by atoms with E-state index in [0.717, 1.165) is 51.4 Å². The van der Waals surface area contributed by atoms with Gasteiger partial charge in [0.25, 0.3) is 0 Å². The molecular weight excluding hydrogens is 761 g/mol. The number of carbonyl (C=O) groups excluding carboxylic acids is 2. The molecule has 11 nitrogen and oxygen atoms in total. The summed E-state index contributed by atoms with van der Waals surface area (Å²) < 4.78 is 17.5. The number of ether oxygens (including phenoxy) is 3. The maximum absolute atomic E-state index is 13.9. The largest absolute Gasteiger partial charge is 0.494 e. The zero-order valence-corrected chi connectivity index (χ0v) is 36.9. The van der Waals surface area contributed by atoms with Crippen molar-refractivity contribution in [3.05, 3.63) is 84.4 Å². The van der Waals surface area contributed by atoms with Crippen LogP contribution in [0.2, 0.25) is 0 Å². The summed E-state index contributed by atoms with van der Waals surface area (Å²) in [5.74, 6) is -0.905. The fourth-order valence-electron chi connectivity index (χ4n) is 9.78. The van der Waals surface area contributed by atoms with Crippen LogP contribution in [0.4, 0.5) is 11.4 Å². The van der Waals surface area contributed by atoms with E-state index in [1.807, 2.05) is 0 Å². The molecule has 0 amide bonds. The fourth-order valence-corrected chi connectivity index (χ4v) is 9.78. The van der Waals surface area contributed by atoms with Crippen LogP contribution < -0.4 is 14.2 Å². The Morgan fingerprint density at radius 2 is 1.07 bits per heavy atom. The lowest BCUT2D eigenvalue weighted by Crippen LogP contribution is -2.47. The van der Waals surface area contributed by atoms with Gasteiger partial charge in [-0.2, -0.15) is 0 Å². The summed E-state index contributed by atoms with van der Waals surface area (Å²) in [4.78, 5) is 51.3. The summed E-state index contributed by atoms with van der Waals surface area (Å²) in [6.45, 7) is 11.6. The van der Waals surface area contributed by atoms with E-state index in [4.69, 9.17) is 14.2 Å². The second-order valence-corrected chi connectivity index (χ2v) is 17.7. The highest BCUT2D eigenvalue weighted by atomic mass is 16.6. The Kier molecular flexibility index (Phi) is 16.3. The molecule has 3 fully saturated rings. The number of rotatable bonds is 23. The molecule has 2 bridgehead atoms. The third-order valence-corrected chi connectivity index (χ3v) is 13.4. The number of carbonyl (C=O) groups is 2. The molecule has 3 aliphatic carbocycles. The molecule has 3 saturated carbocycles. The van der Waals surface area contributed by atoms with E-state index in [1.165, 1.54) is 89.2 Å². The standard InChI is InChI=1S/C49H66N2O9/c1-7-9-11-12-13-14-15-16-17-19-31-58-39-22-20-38(21-23-39)46(52)59-40-32-34(3)42(36(5)44(40)50(54)55)43-35(4)33-41(45(37(43)6)51(56)57)60-47(53)49-28-25-48(26-29-49,27-30-49)24-18-10-8-2/h20-23,32-33H,7-19,24-31H2,1-6H3. The zero-order valence-electron chi connectivity index (χ0n) is 36.9. The molecule has 3 aromatic carbocycles. The molecule has 11 heteroatoms. The summed E-state index contributed by atoms with van der Waals surface area (Å²) in [6, 6.07) is 9.43. The number of nitro groups is 2. The summed E-state index contributed by atoms with van der Waals surface area (Å²) in [7, 11) is 0. The minimum Gasteiger partial charge on any atom is -0.494 e. The van der Waals surface area contributed by atoms with E-state index >= 15 is 0 Å². The molecule has 0 atom stereocenters. The number of benzene rings is 3. The average molecular weight is 827 g/mol. The first-order chi connectivity index (χ1) is 28.8. The van der Waals surface area contributed by atoms with Gasteiger partial charge in [0.2, 0.25) is 11.5 Å². The highest BCUT2D eigenvalue weighted by Crippen LogP contribution is 2.59. The molecule has 3 aliphatic rings. The lowest BCUT2D eigenvalue weighted by molar-refractivity contribution is -0.386. The third-order valence-electron chi connectivity index (χ3n) is 13.4. The Hall–Kier alpha value is -4.80. The number of nitrogens with zero attached hydrogens (tertiary/aromatic N) is 2. The first-order valence-corrected chi connectivity index (χ1v) is 22.5. The van der Waals surface area contributed by atoms with Gasteiger partial charge in [0.1, 0.15) is 5.75 Å². The Labute approximate surface area is 356 Å². The van der Waals surface area contributed by atoms with Gasteiger partial charge in [0, 0.05) is 11.1 Å². The first-order valence-electron chi connectivity index (χ1n) is 22.5. The number of unbranched alkanes of at least 4 members (excludes halogenated alkanes) is 11. The molecule has 0 radical (unpaired) electrons. The molecule has 0 unspecified atom stereocenters. The Balaban J connectivity index is 1.27. The first kappa shape index (κ1) is 46.3. The quantitative estimate of drug-likeness (QED) is 0.0299. The number of aryl methyl sites for hydroxylation is 2. The van der Waals surface area contributed by atoms with Crippen molar-refractivity contribution in [1.29, 1.82) is 0 Å². The van der Waals surface area contributed by atoms with Gasteiger partial charge in [-0.25, -0.2) is 4.79 Å². The van der Waals surface area contributed by atoms with Crippen molar-refractivity contribution in [2.75, 3.05) is 6.61 Å². The van der Waals surface area contributed by atoms with Crippen molar-refractivity contribution in [1.82, 2.24) is 0 Å². The molecular formula is C49H66N2O9. The molecule has 0 saturated heterocycles. The smallest absolute Gasteiger partial charge is 0.343 e. The SMILES string of the molecule is CCCCCCCCCCCCOc1ccc(C(=O)Oc2cc(C)c(-c3c(C)cc(OC(=O)C45CCC(CCCCC)(CC4)CC5)c([N+](=O)[O-])c3C)c(C)c2[N+](=O)[O-])cc1.